The summed E-state index contributed by atoms with van der Waals surface area (Å²) < 4.78 is 15.5. The van der Waals surface area contributed by atoms with Gasteiger partial charge in [0, 0.05) is 14.7 Å². The molecule has 0 bridgehead atoms. The standard InChI is InChI=1S/C11H22O4Si/c1-13-10(12)11(5-6-11)15-9-14-7-8-16(2,3)4/h5-9H2,1-4H3. The van der Waals surface area contributed by atoms with Crippen LogP contribution in [0, 0.1) is 0 Å². The monoisotopic (exact) mass is 246 g/mol. The highest BCUT2D eigenvalue weighted by molar-refractivity contribution is 6.76. The Bertz CT molecular complexity index is 243. The summed E-state index contributed by atoms with van der Waals surface area (Å²) in [5.41, 5.74) is -0.687. The fourth-order valence-corrected chi connectivity index (χ4v) is 2.06. The third-order valence-electron chi connectivity index (χ3n) is 2.68. The first-order valence-corrected chi connectivity index (χ1v) is 9.40. The Labute approximate surface area is 98.3 Å². The second-order valence-electron chi connectivity index (χ2n) is 5.47. The molecule has 94 valence electrons. The number of carbonyl (C=O) groups is 1. The smallest absolute Gasteiger partial charge is 0.338 e. The summed E-state index contributed by atoms with van der Waals surface area (Å²) in [7, 11) is 0.348. The van der Waals surface area contributed by atoms with Gasteiger partial charge in [0.25, 0.3) is 0 Å². The van der Waals surface area contributed by atoms with E-state index in [2.05, 4.69) is 24.4 Å². The van der Waals surface area contributed by atoms with Crippen LogP contribution in [0.3, 0.4) is 0 Å². The van der Waals surface area contributed by atoms with E-state index in [-0.39, 0.29) is 12.8 Å². The average Bonchev–Trinajstić information content (AvgIpc) is 2.95. The fraction of sp³-hybridized carbons (Fsp3) is 0.909. The van der Waals surface area contributed by atoms with Gasteiger partial charge in [-0.2, -0.15) is 0 Å². The van der Waals surface area contributed by atoms with Gasteiger partial charge in [0.05, 0.1) is 7.11 Å². The van der Waals surface area contributed by atoms with E-state index in [0.29, 0.717) is 6.61 Å². The topological polar surface area (TPSA) is 44.8 Å². The van der Waals surface area contributed by atoms with E-state index in [1.807, 2.05) is 0 Å². The van der Waals surface area contributed by atoms with E-state index in [1.165, 1.54) is 7.11 Å². The van der Waals surface area contributed by atoms with Crippen LogP contribution < -0.4 is 0 Å². The highest BCUT2D eigenvalue weighted by Crippen LogP contribution is 2.40. The molecule has 1 aliphatic carbocycles. The molecule has 0 spiro atoms. The summed E-state index contributed by atoms with van der Waals surface area (Å²) in [4.78, 5) is 11.3. The zero-order chi connectivity index (χ0) is 12.2. The number of esters is 1. The minimum atomic E-state index is -1.04. The van der Waals surface area contributed by atoms with Crippen molar-refractivity contribution in [2.24, 2.45) is 0 Å². The predicted octanol–water partition coefficient (Wildman–Crippen LogP) is 2.02. The molecular weight excluding hydrogens is 224 g/mol. The van der Waals surface area contributed by atoms with Crippen molar-refractivity contribution in [1.29, 1.82) is 0 Å². The average molecular weight is 246 g/mol. The second kappa shape index (κ2) is 5.29. The molecule has 1 aliphatic rings. The molecule has 16 heavy (non-hydrogen) atoms. The summed E-state index contributed by atoms with van der Waals surface area (Å²) in [5.74, 6) is -0.277. The Morgan fingerprint density at radius 3 is 2.38 bits per heavy atom. The lowest BCUT2D eigenvalue weighted by molar-refractivity contribution is -0.168. The molecule has 1 saturated carbocycles. The molecule has 0 radical (unpaired) electrons. The van der Waals surface area contributed by atoms with Crippen LogP contribution in [0.25, 0.3) is 0 Å². The molecule has 0 N–H and O–H groups in total. The van der Waals surface area contributed by atoms with Crippen molar-refractivity contribution in [1.82, 2.24) is 0 Å². The summed E-state index contributed by atoms with van der Waals surface area (Å²) in [6.07, 6.45) is 1.49. The predicted molar refractivity (Wildman–Crippen MR) is 64.0 cm³/mol. The van der Waals surface area contributed by atoms with E-state index in [1.54, 1.807) is 0 Å². The van der Waals surface area contributed by atoms with Gasteiger partial charge in [-0.05, 0) is 18.9 Å². The molecule has 1 rings (SSSR count). The third-order valence-corrected chi connectivity index (χ3v) is 4.38. The Morgan fingerprint density at radius 2 is 1.94 bits per heavy atom. The maximum absolute atomic E-state index is 11.3. The van der Waals surface area contributed by atoms with Crippen LogP contribution in [0.15, 0.2) is 0 Å². The number of hydrogen-bond acceptors (Lipinski definition) is 4. The molecular formula is C11H22O4Si. The van der Waals surface area contributed by atoms with Crippen molar-refractivity contribution >= 4 is 14.0 Å². The first kappa shape index (κ1) is 13.7. The van der Waals surface area contributed by atoms with E-state index >= 15 is 0 Å². The van der Waals surface area contributed by atoms with E-state index in [4.69, 9.17) is 9.47 Å². The highest BCUT2D eigenvalue weighted by atomic mass is 28.3. The summed E-state index contributed by atoms with van der Waals surface area (Å²) in [6, 6.07) is 1.11. The summed E-state index contributed by atoms with van der Waals surface area (Å²) in [5, 5.41) is 0. The fourth-order valence-electron chi connectivity index (χ4n) is 1.30. The molecule has 1 fully saturated rings. The molecule has 0 unspecified atom stereocenters. The molecule has 0 aromatic heterocycles. The largest absolute Gasteiger partial charge is 0.467 e. The van der Waals surface area contributed by atoms with Gasteiger partial charge in [-0.15, -0.1) is 0 Å². The first-order chi connectivity index (χ1) is 7.40. The van der Waals surface area contributed by atoms with Crippen LogP contribution in [0.1, 0.15) is 12.8 Å². The Morgan fingerprint density at radius 1 is 1.31 bits per heavy atom. The minimum absolute atomic E-state index is 0.194. The van der Waals surface area contributed by atoms with Crippen LogP contribution in [0.5, 0.6) is 0 Å². The van der Waals surface area contributed by atoms with Gasteiger partial charge in [0.1, 0.15) is 6.79 Å². The van der Waals surface area contributed by atoms with Gasteiger partial charge in [-0.3, -0.25) is 0 Å². The lowest BCUT2D eigenvalue weighted by Crippen LogP contribution is -2.29. The second-order valence-corrected chi connectivity index (χ2v) is 11.1. The summed E-state index contributed by atoms with van der Waals surface area (Å²) >= 11 is 0. The number of carbonyl (C=O) groups excluding carboxylic acids is 1. The van der Waals surface area contributed by atoms with Gasteiger partial charge in [-0.25, -0.2) is 4.79 Å². The molecule has 0 aromatic carbocycles. The summed E-state index contributed by atoms with van der Waals surface area (Å²) in [6.45, 7) is 7.81. The van der Waals surface area contributed by atoms with Gasteiger partial charge in [0.15, 0.2) is 5.60 Å². The zero-order valence-corrected chi connectivity index (χ0v) is 11.7. The lowest BCUT2D eigenvalue weighted by Gasteiger charge is -2.17. The number of ether oxygens (including phenoxy) is 3. The molecule has 4 nitrogen and oxygen atoms in total. The minimum Gasteiger partial charge on any atom is -0.467 e. The lowest BCUT2D eigenvalue weighted by atomic mass is 10.3. The van der Waals surface area contributed by atoms with E-state index in [0.717, 1.165) is 18.9 Å². The van der Waals surface area contributed by atoms with Crippen molar-refractivity contribution < 1.29 is 19.0 Å². The van der Waals surface area contributed by atoms with Gasteiger partial charge in [0.2, 0.25) is 0 Å². The van der Waals surface area contributed by atoms with Crippen LogP contribution >= 0.6 is 0 Å². The van der Waals surface area contributed by atoms with Crippen molar-refractivity contribution in [3.8, 4) is 0 Å². The van der Waals surface area contributed by atoms with Crippen LogP contribution in [0.4, 0.5) is 0 Å². The van der Waals surface area contributed by atoms with Gasteiger partial charge >= 0.3 is 5.97 Å². The Hall–Kier alpha value is -0.393. The molecule has 0 heterocycles. The van der Waals surface area contributed by atoms with Crippen molar-refractivity contribution in [2.45, 2.75) is 44.1 Å². The van der Waals surface area contributed by atoms with Gasteiger partial charge in [-0.1, -0.05) is 19.6 Å². The van der Waals surface area contributed by atoms with Crippen molar-refractivity contribution in [2.75, 3.05) is 20.5 Å². The molecule has 5 heteroatoms. The van der Waals surface area contributed by atoms with Crippen LogP contribution in [0.2, 0.25) is 25.7 Å². The van der Waals surface area contributed by atoms with Crippen molar-refractivity contribution in [3.05, 3.63) is 0 Å². The first-order valence-electron chi connectivity index (χ1n) is 5.70. The molecule has 0 atom stereocenters. The maximum Gasteiger partial charge on any atom is 0.338 e. The zero-order valence-electron chi connectivity index (χ0n) is 10.7. The molecule has 0 saturated heterocycles. The number of rotatable bonds is 7. The molecule has 0 aromatic rings. The molecule has 0 amide bonds. The molecule has 0 aliphatic heterocycles. The van der Waals surface area contributed by atoms with Crippen LogP contribution in [-0.4, -0.2) is 40.2 Å². The number of methoxy groups -OCH3 is 1. The van der Waals surface area contributed by atoms with Gasteiger partial charge < -0.3 is 14.2 Å². The number of hydrogen-bond donors (Lipinski definition) is 0. The SMILES string of the molecule is COC(=O)C1(OCOCC[Si](C)(C)C)CC1. The highest BCUT2D eigenvalue weighted by Gasteiger charge is 2.52. The quantitative estimate of drug-likeness (QED) is 0.298. The van der Waals surface area contributed by atoms with E-state index in [9.17, 15) is 4.79 Å². The normalized spacial score (nSPS) is 18.2. The maximum atomic E-state index is 11.3. The Balaban J connectivity index is 2.10. The van der Waals surface area contributed by atoms with Crippen LogP contribution in [-0.2, 0) is 19.0 Å². The van der Waals surface area contributed by atoms with E-state index < -0.39 is 13.7 Å². The Kier molecular flexibility index (Phi) is 4.52. The third kappa shape index (κ3) is 4.23. The van der Waals surface area contributed by atoms with Crippen molar-refractivity contribution in [3.63, 3.8) is 0 Å².